The molecule has 3 aliphatic heterocycles. The molecule has 27 nitrogen and oxygen atoms in total. The van der Waals surface area contributed by atoms with Crippen molar-refractivity contribution < 1.29 is 92.7 Å². The van der Waals surface area contributed by atoms with Crippen LogP contribution in [0.4, 0.5) is 9.18 Å². The summed E-state index contributed by atoms with van der Waals surface area (Å²) in [6.45, 7) is 18.1. The van der Waals surface area contributed by atoms with Crippen LogP contribution in [-0.4, -0.2) is 228 Å². The maximum atomic E-state index is 13.2. The average Bonchev–Trinajstić information content (AvgIpc) is 1.62. The van der Waals surface area contributed by atoms with Crippen molar-refractivity contribution in [1.82, 2.24) is 30.7 Å². The van der Waals surface area contributed by atoms with Crippen LogP contribution in [0.25, 0.3) is 40.5 Å². The van der Waals surface area contributed by atoms with Crippen molar-refractivity contribution in [3.63, 3.8) is 0 Å². The number of amides is 3. The number of hydrogen-bond donors (Lipinski definition) is 9. The van der Waals surface area contributed by atoms with Gasteiger partial charge in [-0.15, -0.1) is 0 Å². The van der Waals surface area contributed by atoms with Crippen LogP contribution in [-0.2, 0) is 72.0 Å². The number of aliphatic hydroxyl groups is 1. The zero-order valence-electron chi connectivity index (χ0n) is 80.7. The standard InChI is InChI=1S/C42H41N3O6.C27H31N3O4.C22H21NO3.C21H23NO4.CH3F.H3NO/c1-29(43-42(48)51-28-38-36-13-7-5-11-34(36)35-12-6-8-14-37(35)38)39(41(47)49-2)44-40(46)33-21-19-31(20-22-33)10-4-3-9-30-15-17-32(18-16-30)27-45-23-25-50-26-24-45;1-20(28)26(25(32)19-31)29-27(33)24-12-10-22(11-13-24)5-3-2-4-21-6-8-23(9-7-21)18-30-14-16-34-17-15-30;24-22(25)21-11-9-19(10-12-21)4-2-1-3-18-5-7-20(8-6-18)17-23-13-15-26-16-14-23;1-13(20(22)21(24)25-2)11-19(23)26-12-18-16-9-5-3-7-14(16)15-8-4-6-10-17(15)18;2*1-2/h4-8,10-22,29,38-39H,23-28H2,1-2H3,(H,43,48)(H,44,46);3,5-13,20,26,31H,14-19,28H2,1H3,(H,29,33);2,4-12H,13-17H2,(H,24,25);3-10,13,18,20H,11-12,22H2,1-2H3;1H3;2H,1H2/t29-,39?;20-,26?;;13-,20?;;/m11.0../s1/i;;;;1D;. The largest absolute Gasteiger partial charge is 0.478 e. The summed E-state index contributed by atoms with van der Waals surface area (Å²) in [4.78, 5) is 105. The van der Waals surface area contributed by atoms with Crippen LogP contribution < -0.4 is 33.3 Å². The number of nitrogens with one attached hydrogen (secondary N) is 3. The number of ketones is 1. The van der Waals surface area contributed by atoms with Gasteiger partial charge in [-0.25, -0.2) is 20.3 Å². The molecule has 3 unspecified atom stereocenters. The van der Waals surface area contributed by atoms with Crippen molar-refractivity contribution in [2.45, 2.75) is 88.9 Å². The molecule has 15 rings (SSSR count). The number of benzene rings is 10. The molecular weight excluding hydrogens is 1790 g/mol. The molecule has 3 saturated heterocycles. The predicted molar refractivity (Wildman–Crippen MR) is 541 cm³/mol. The fraction of sp³-hybridized carbons (Fsp3) is 0.292. The molecule has 0 radical (unpaired) electrons. The fourth-order valence-corrected chi connectivity index (χ4v) is 16.1. The maximum absolute atomic E-state index is 13.2. The van der Waals surface area contributed by atoms with E-state index in [1.54, 1.807) is 112 Å². The molecule has 734 valence electrons. The van der Waals surface area contributed by atoms with Gasteiger partial charge in [-0.2, -0.15) is 0 Å². The van der Waals surface area contributed by atoms with Crippen molar-refractivity contribution in [3.05, 3.63) is 350 Å². The molecule has 3 heterocycles. The highest BCUT2D eigenvalue weighted by Gasteiger charge is 2.35. The molecule has 2 aliphatic carbocycles. The summed E-state index contributed by atoms with van der Waals surface area (Å²) in [6.07, 6.45) is 10.3. The monoisotopic (exact) mass is 1910 g/mol. The van der Waals surface area contributed by atoms with Gasteiger partial charge in [-0.3, -0.25) is 43.1 Å². The fourth-order valence-electron chi connectivity index (χ4n) is 16.1. The Morgan fingerprint density at radius 3 is 1.09 bits per heavy atom. The summed E-state index contributed by atoms with van der Waals surface area (Å²) in [5.41, 5.74) is 31.0. The molecule has 0 saturated carbocycles. The topological polar surface area (TPSA) is 386 Å². The van der Waals surface area contributed by atoms with Crippen molar-refractivity contribution in [2.75, 3.05) is 120 Å². The molecule has 28 heteroatoms. The van der Waals surface area contributed by atoms with Gasteiger partial charge in [0.25, 0.3) is 11.8 Å². The summed E-state index contributed by atoms with van der Waals surface area (Å²) >= 11 is 0. The van der Waals surface area contributed by atoms with Crippen molar-refractivity contribution >= 4 is 65.8 Å². The van der Waals surface area contributed by atoms with E-state index in [2.05, 4.69) is 150 Å². The van der Waals surface area contributed by atoms with E-state index in [1.165, 1.54) is 53.2 Å². The van der Waals surface area contributed by atoms with Crippen LogP contribution in [0, 0.1) is 41.4 Å². The number of morpholine rings is 3. The van der Waals surface area contributed by atoms with Gasteiger partial charge in [0.1, 0.15) is 37.9 Å². The number of esters is 3. The van der Waals surface area contributed by atoms with Crippen molar-refractivity contribution in [2.24, 2.45) is 23.3 Å². The number of alkyl halides is 1. The van der Waals surface area contributed by atoms with Gasteiger partial charge in [0.2, 0.25) is 0 Å². The molecule has 3 fully saturated rings. The molecule has 10 aromatic rings. The minimum Gasteiger partial charge on any atom is -0.478 e. The normalized spacial score (nSPS) is 14.9. The molecule has 12 N–H and O–H groups in total. The Hall–Kier alpha value is -14.7. The first-order valence-corrected chi connectivity index (χ1v) is 46.2. The lowest BCUT2D eigenvalue weighted by atomic mass is 9.97. The van der Waals surface area contributed by atoms with Gasteiger partial charge in [0.05, 0.1) is 80.4 Å². The third-order valence-corrected chi connectivity index (χ3v) is 23.8. The molecule has 6 atom stereocenters. The lowest BCUT2D eigenvalue weighted by Crippen LogP contribution is -2.54. The number of nitrogens with zero attached hydrogens (tertiary/aromatic N) is 3. The number of alkyl carbamates (subject to hydrolysis) is 1. The molecule has 10 aromatic carbocycles. The number of allylic oxidation sites excluding steroid dienone is 3. The van der Waals surface area contributed by atoms with Gasteiger partial charge in [-0.1, -0.05) is 212 Å². The zero-order valence-corrected chi connectivity index (χ0v) is 79.7. The minimum atomic E-state index is -1.15. The smallest absolute Gasteiger partial charge is 0.407 e. The number of methoxy groups -OCH3 is 2. The van der Waals surface area contributed by atoms with Crippen molar-refractivity contribution in [1.29, 1.82) is 0 Å². The van der Waals surface area contributed by atoms with E-state index in [-0.39, 0.29) is 48.9 Å². The van der Waals surface area contributed by atoms with Crippen LogP contribution in [0.15, 0.2) is 261 Å². The number of nitrogens with two attached hydrogens (primary N) is 3. The second-order valence-electron chi connectivity index (χ2n) is 33.5. The quantitative estimate of drug-likeness (QED) is 0.00951. The predicted octanol–water partition coefficient (Wildman–Crippen LogP) is 13.4. The Balaban J connectivity index is 0.000000199. The van der Waals surface area contributed by atoms with E-state index in [0.29, 0.717) is 11.1 Å². The first-order chi connectivity index (χ1) is 69.0. The molecule has 141 heavy (non-hydrogen) atoms. The number of carboxylic acids is 1. The average molecular weight is 1910 g/mol. The van der Waals surface area contributed by atoms with Crippen LogP contribution in [0.5, 0.6) is 0 Å². The summed E-state index contributed by atoms with van der Waals surface area (Å²) in [6, 6.07) is 73.5. The Kier molecular flexibility index (Phi) is 43.7. The van der Waals surface area contributed by atoms with Gasteiger partial charge in [-0.05, 0) is 207 Å². The summed E-state index contributed by atoms with van der Waals surface area (Å²) in [5.74, 6) is 17.6. The Labute approximate surface area is 824 Å². The van der Waals surface area contributed by atoms with Crippen LogP contribution in [0.3, 0.4) is 0 Å². The van der Waals surface area contributed by atoms with E-state index in [0.717, 1.165) is 154 Å². The molecule has 0 spiro atoms. The molecule has 0 bridgehead atoms. The lowest BCUT2D eigenvalue weighted by Gasteiger charge is -2.26. The number of aromatic carboxylic acids is 1. The number of hydrogen-bond acceptors (Lipinski definition) is 23. The molecule has 5 aliphatic rings. The Bertz CT molecular complexity index is 6000. The van der Waals surface area contributed by atoms with E-state index >= 15 is 0 Å². The number of carboxylic acid groups (broad SMARTS) is 1. The minimum absolute atomic E-state index is 0.0240. The van der Waals surface area contributed by atoms with Gasteiger partial charge in [0.15, 0.2) is 5.78 Å². The van der Waals surface area contributed by atoms with Crippen molar-refractivity contribution in [3.8, 4) is 57.8 Å². The summed E-state index contributed by atoms with van der Waals surface area (Å²) in [5, 5.41) is 32.4. The van der Waals surface area contributed by atoms with E-state index < -0.39 is 85.6 Å². The van der Waals surface area contributed by atoms with E-state index in [1.807, 2.05) is 115 Å². The van der Waals surface area contributed by atoms with E-state index in [4.69, 9.17) is 56.7 Å². The van der Waals surface area contributed by atoms with Crippen LogP contribution in [0.2, 0.25) is 0 Å². The van der Waals surface area contributed by atoms with Gasteiger partial charge in [0, 0.05) is 105 Å². The third-order valence-electron chi connectivity index (χ3n) is 23.8. The van der Waals surface area contributed by atoms with Gasteiger partial charge >= 0.3 is 30.0 Å². The highest BCUT2D eigenvalue weighted by Crippen LogP contribution is 2.46. The summed E-state index contributed by atoms with van der Waals surface area (Å²) < 4.78 is 52.4. The number of aliphatic hydroxyl groups excluding tert-OH is 1. The second-order valence-corrected chi connectivity index (χ2v) is 33.5. The Morgan fingerprint density at radius 1 is 0.454 bits per heavy atom. The highest BCUT2D eigenvalue weighted by atomic mass is 19.1. The lowest BCUT2D eigenvalue weighted by molar-refractivity contribution is -0.147. The van der Waals surface area contributed by atoms with Gasteiger partial charge < -0.3 is 76.0 Å². The SMILES string of the molecule is COC(=O)C(N)[C@@H](C)CC(=O)OCC1c2ccccc2-c2ccccc21.COC(=O)C(NC(=O)c1ccc(C=CC#Cc2ccc(CN3CCOCC3)cc2)cc1)[C@@H](C)NC(=O)OCC1c2ccccc2-c2ccccc21.C[C@@H](N)C(NC(=O)c1ccc(C=CC#Cc2ccc(CN3CCOCC3)cc2)cc1)C(=O)CO.NO.O=C(O)c1ccc(C=CC#Cc2ccc(CN3CCOCC3)cc2)cc1.[2H]CF. The molecule has 0 aromatic heterocycles. The zero-order chi connectivity index (χ0) is 101. The summed E-state index contributed by atoms with van der Waals surface area (Å²) in [7, 11) is 1.51. The first kappa shape index (κ1) is 107. The number of halogens is 1. The first-order valence-electron chi connectivity index (χ1n) is 46.9. The number of fused-ring (bicyclic) bond motifs is 6. The molecule has 3 amide bonds. The second kappa shape index (κ2) is 57.7. The van der Waals surface area contributed by atoms with Crippen LogP contribution in [0.1, 0.15) is 144 Å². The maximum Gasteiger partial charge on any atom is 0.407 e. The van der Waals surface area contributed by atoms with Crippen LogP contribution >= 0.6 is 0 Å². The molecular formula is C113H122FN9O18. The number of Topliss-reactive ketones (excluding diaryl/α,β-unsaturated/α-hetero) is 1. The number of ether oxygens (including phenoxy) is 7. The third kappa shape index (κ3) is 33.6. The number of carbonyl (C=O) groups excluding carboxylic acids is 7. The Morgan fingerprint density at radius 2 is 0.773 bits per heavy atom. The number of rotatable bonds is 28. The number of carbonyl (C=O) groups is 8. The highest BCUT2D eigenvalue weighted by molar-refractivity contribution is 5.99. The van der Waals surface area contributed by atoms with E-state index in [9.17, 15) is 42.7 Å².